The van der Waals surface area contributed by atoms with Gasteiger partial charge >= 0.3 is 5.97 Å². The molecule has 3 aliphatic rings. The van der Waals surface area contributed by atoms with Crippen LogP contribution in [-0.4, -0.2) is 40.4 Å². The monoisotopic (exact) mass is 666 g/mol. The Morgan fingerprint density at radius 2 is 1.49 bits per heavy atom. The maximum atomic E-state index is 14.4. The number of amides is 2. The van der Waals surface area contributed by atoms with Gasteiger partial charge in [0.1, 0.15) is 23.3 Å². The van der Waals surface area contributed by atoms with Gasteiger partial charge in [0.15, 0.2) is 0 Å². The number of ether oxygens (including phenoxy) is 2. The van der Waals surface area contributed by atoms with Crippen molar-refractivity contribution in [2.45, 2.75) is 115 Å². The Morgan fingerprint density at radius 3 is 2.14 bits per heavy atom. The molecule has 1 heterocycles. The van der Waals surface area contributed by atoms with Crippen molar-refractivity contribution in [2.75, 3.05) is 6.54 Å². The van der Waals surface area contributed by atoms with Crippen LogP contribution in [0.2, 0.25) is 0 Å². The Labute approximate surface area is 290 Å². The lowest BCUT2D eigenvalue weighted by atomic mass is 9.87. The summed E-state index contributed by atoms with van der Waals surface area (Å²) in [6.07, 6.45) is 9.66. The van der Waals surface area contributed by atoms with Gasteiger partial charge in [0, 0.05) is 13.0 Å². The molecule has 2 N–H and O–H groups in total. The largest absolute Gasteiger partial charge is 0.490 e. The number of carboxylic acids is 1. The summed E-state index contributed by atoms with van der Waals surface area (Å²) in [4.78, 5) is 42.0. The lowest BCUT2D eigenvalue weighted by Crippen LogP contribution is -2.48. The number of carbonyl (C=O) groups excluding carboxylic acids is 2. The van der Waals surface area contributed by atoms with Gasteiger partial charge in [-0.05, 0) is 115 Å². The number of nitrogens with one attached hydrogen (secondary N) is 1. The maximum Gasteiger partial charge on any atom is 0.305 e. The molecule has 2 aliphatic carbocycles. The Kier molecular flexibility index (Phi) is 10.6. The van der Waals surface area contributed by atoms with Crippen LogP contribution < -0.4 is 14.8 Å². The lowest BCUT2D eigenvalue weighted by Gasteiger charge is -2.38. The van der Waals surface area contributed by atoms with Crippen molar-refractivity contribution in [2.24, 2.45) is 5.92 Å². The van der Waals surface area contributed by atoms with E-state index in [4.69, 9.17) is 9.47 Å². The fourth-order valence-corrected chi connectivity index (χ4v) is 7.60. The zero-order valence-electron chi connectivity index (χ0n) is 29.1. The van der Waals surface area contributed by atoms with Crippen LogP contribution >= 0.6 is 0 Å². The van der Waals surface area contributed by atoms with E-state index in [1.54, 1.807) is 4.90 Å². The highest BCUT2D eigenvalue weighted by atomic mass is 16.5. The van der Waals surface area contributed by atoms with E-state index >= 15 is 0 Å². The molecular weight excluding hydrogens is 616 g/mol. The van der Waals surface area contributed by atoms with Crippen molar-refractivity contribution in [1.82, 2.24) is 10.2 Å². The molecule has 8 heteroatoms. The predicted molar refractivity (Wildman–Crippen MR) is 189 cm³/mol. The van der Waals surface area contributed by atoms with Crippen LogP contribution in [0.3, 0.4) is 0 Å². The van der Waals surface area contributed by atoms with Crippen LogP contribution in [0, 0.1) is 5.92 Å². The molecule has 3 aromatic carbocycles. The SMILES string of the molecule is CC(C)(C)c1ccc(Oc2ccc3c(c2)C(C(=O)NC(CC(=O)O)c2ccc(OC4CCCC4)cc2)N(C(=O)CC2CCCC2)CC3)cc1. The number of carboxylic acid groups (broad SMARTS) is 1. The van der Waals surface area contributed by atoms with Crippen LogP contribution in [0.15, 0.2) is 66.7 Å². The summed E-state index contributed by atoms with van der Waals surface area (Å²) in [5.74, 6) is 0.860. The van der Waals surface area contributed by atoms with Gasteiger partial charge in [-0.25, -0.2) is 0 Å². The first-order chi connectivity index (χ1) is 23.5. The molecule has 0 saturated heterocycles. The highest BCUT2D eigenvalue weighted by molar-refractivity contribution is 5.90. The third-order valence-corrected chi connectivity index (χ3v) is 10.4. The summed E-state index contributed by atoms with van der Waals surface area (Å²) in [7, 11) is 0. The van der Waals surface area contributed by atoms with Crippen molar-refractivity contribution in [1.29, 1.82) is 0 Å². The number of nitrogens with zero attached hydrogens (tertiary/aromatic N) is 1. The van der Waals surface area contributed by atoms with E-state index in [1.165, 1.54) is 5.56 Å². The standard InChI is InChI=1S/C41H50N2O6/c1-41(2,3)30-15-20-33(21-16-30)49-34-19-12-28-22-23-43(37(44)24-27-8-4-5-9-27)39(35(28)25-34)40(47)42-36(26-38(45)46)29-13-17-32(18-14-29)48-31-10-6-7-11-31/h12-21,25,27,31,36,39H,4-11,22-24,26H2,1-3H3,(H,42,47)(H,45,46). The minimum Gasteiger partial charge on any atom is -0.490 e. The summed E-state index contributed by atoms with van der Waals surface area (Å²) < 4.78 is 12.4. The van der Waals surface area contributed by atoms with Crippen molar-refractivity contribution in [3.63, 3.8) is 0 Å². The van der Waals surface area contributed by atoms with Crippen LogP contribution in [0.5, 0.6) is 17.2 Å². The average molecular weight is 667 g/mol. The number of hydrogen-bond donors (Lipinski definition) is 2. The second kappa shape index (κ2) is 15.1. The fourth-order valence-electron chi connectivity index (χ4n) is 7.60. The van der Waals surface area contributed by atoms with E-state index in [2.05, 4.69) is 38.2 Å². The maximum absolute atomic E-state index is 14.4. The zero-order valence-corrected chi connectivity index (χ0v) is 29.1. The van der Waals surface area contributed by atoms with Crippen molar-refractivity contribution < 1.29 is 29.0 Å². The van der Waals surface area contributed by atoms with Gasteiger partial charge in [-0.1, -0.05) is 63.9 Å². The Balaban J connectivity index is 1.27. The van der Waals surface area contributed by atoms with Gasteiger partial charge < -0.3 is 24.8 Å². The van der Waals surface area contributed by atoms with Crippen molar-refractivity contribution >= 4 is 17.8 Å². The third-order valence-electron chi connectivity index (χ3n) is 10.4. The van der Waals surface area contributed by atoms with E-state index in [0.29, 0.717) is 47.9 Å². The van der Waals surface area contributed by atoms with Crippen LogP contribution in [-0.2, 0) is 26.2 Å². The van der Waals surface area contributed by atoms with Crippen molar-refractivity contribution in [3.8, 4) is 17.2 Å². The minimum absolute atomic E-state index is 0.0171. The molecule has 2 saturated carbocycles. The molecule has 2 unspecified atom stereocenters. The van der Waals surface area contributed by atoms with Gasteiger partial charge in [0.2, 0.25) is 11.8 Å². The molecule has 260 valence electrons. The molecule has 8 nitrogen and oxygen atoms in total. The summed E-state index contributed by atoms with van der Waals surface area (Å²) in [6.45, 7) is 6.92. The molecule has 2 amide bonds. The highest BCUT2D eigenvalue weighted by Crippen LogP contribution is 2.37. The Morgan fingerprint density at radius 1 is 0.857 bits per heavy atom. The fraction of sp³-hybridized carbons (Fsp3) is 0.488. The topological polar surface area (TPSA) is 105 Å². The highest BCUT2D eigenvalue weighted by Gasteiger charge is 2.38. The number of carbonyl (C=O) groups is 3. The molecule has 6 rings (SSSR count). The molecule has 0 radical (unpaired) electrons. The lowest BCUT2D eigenvalue weighted by molar-refractivity contribution is -0.143. The van der Waals surface area contributed by atoms with Gasteiger partial charge in [-0.2, -0.15) is 0 Å². The molecular formula is C41H50N2O6. The minimum atomic E-state index is -1.03. The van der Waals surface area contributed by atoms with Crippen LogP contribution in [0.4, 0.5) is 0 Å². The Bertz CT molecular complexity index is 1620. The summed E-state index contributed by atoms with van der Waals surface area (Å²) in [5, 5.41) is 12.9. The normalized spacial score (nSPS) is 18.9. The van der Waals surface area contributed by atoms with Crippen LogP contribution in [0.1, 0.15) is 119 Å². The first-order valence-electron chi connectivity index (χ1n) is 18.0. The first-order valence-corrected chi connectivity index (χ1v) is 18.0. The molecule has 2 fully saturated rings. The number of hydrogen-bond acceptors (Lipinski definition) is 5. The van der Waals surface area contributed by atoms with Crippen LogP contribution in [0.25, 0.3) is 0 Å². The van der Waals surface area contributed by atoms with E-state index in [0.717, 1.165) is 62.7 Å². The third kappa shape index (κ3) is 8.64. The predicted octanol–water partition coefficient (Wildman–Crippen LogP) is 8.44. The van der Waals surface area contributed by atoms with E-state index in [9.17, 15) is 19.5 Å². The number of aliphatic carboxylic acids is 1. The average Bonchev–Trinajstić information content (AvgIpc) is 3.79. The summed E-state index contributed by atoms with van der Waals surface area (Å²) in [6, 6.07) is 19.4. The van der Waals surface area contributed by atoms with Gasteiger partial charge in [-0.3, -0.25) is 14.4 Å². The van der Waals surface area contributed by atoms with E-state index < -0.39 is 24.0 Å². The van der Waals surface area contributed by atoms with Gasteiger partial charge in [0.05, 0.1) is 18.6 Å². The molecule has 1 aliphatic heterocycles. The molecule has 0 bridgehead atoms. The smallest absolute Gasteiger partial charge is 0.305 e. The second-order valence-electron chi connectivity index (χ2n) is 15.1. The second-order valence-corrected chi connectivity index (χ2v) is 15.1. The molecule has 49 heavy (non-hydrogen) atoms. The summed E-state index contributed by atoms with van der Waals surface area (Å²) in [5.41, 5.74) is 3.57. The van der Waals surface area contributed by atoms with Gasteiger partial charge in [-0.15, -0.1) is 0 Å². The molecule has 2 atom stereocenters. The number of fused-ring (bicyclic) bond motifs is 1. The zero-order chi connectivity index (χ0) is 34.5. The molecule has 0 aromatic heterocycles. The van der Waals surface area contributed by atoms with Gasteiger partial charge in [0.25, 0.3) is 0 Å². The number of rotatable bonds is 11. The molecule has 3 aromatic rings. The first kappa shape index (κ1) is 34.5. The Hall–Kier alpha value is -4.33. The molecule has 0 spiro atoms. The quantitative estimate of drug-likeness (QED) is 0.213. The number of benzene rings is 3. The van der Waals surface area contributed by atoms with E-state index in [1.807, 2.05) is 54.6 Å². The van der Waals surface area contributed by atoms with E-state index in [-0.39, 0.29) is 23.8 Å². The van der Waals surface area contributed by atoms with Crippen molar-refractivity contribution in [3.05, 3.63) is 89.0 Å². The summed E-state index contributed by atoms with van der Waals surface area (Å²) >= 11 is 0.